The Morgan fingerprint density at radius 2 is 1.57 bits per heavy atom. The summed E-state index contributed by atoms with van der Waals surface area (Å²) in [7, 11) is 5.97. The van der Waals surface area contributed by atoms with E-state index in [1.807, 2.05) is 36.4 Å². The third-order valence-electron chi connectivity index (χ3n) is 2.14. The fourth-order valence-electron chi connectivity index (χ4n) is 1.41. The minimum Gasteiger partial charge on any atom is -0.0750 e. The van der Waals surface area contributed by atoms with Crippen molar-refractivity contribution in [1.29, 1.82) is 0 Å². The van der Waals surface area contributed by atoms with Gasteiger partial charge in [0.05, 0.1) is 0 Å². The first-order valence-electron chi connectivity index (χ1n) is 4.38. The van der Waals surface area contributed by atoms with Gasteiger partial charge in [-0.1, -0.05) is 63.9 Å². The van der Waals surface area contributed by atoms with E-state index in [-0.39, 0.29) is 0 Å². The molecule has 0 aromatic heterocycles. The molecule has 2 heteroatoms. The van der Waals surface area contributed by atoms with Crippen molar-refractivity contribution in [1.82, 2.24) is 0 Å². The highest BCUT2D eigenvalue weighted by Crippen LogP contribution is 2.19. The highest BCUT2D eigenvalue weighted by Gasteiger charge is 2.02. The minimum absolute atomic E-state index is 0.790. The second-order valence-corrected chi connectivity index (χ2v) is 3.92. The SMILES string of the molecule is [B]c1c(Br)cccc1-c1ccccc1. The fourth-order valence-corrected chi connectivity index (χ4v) is 1.77. The van der Waals surface area contributed by atoms with Gasteiger partial charge in [0.1, 0.15) is 7.85 Å². The van der Waals surface area contributed by atoms with E-state index < -0.39 is 0 Å². The van der Waals surface area contributed by atoms with Gasteiger partial charge >= 0.3 is 0 Å². The molecule has 0 saturated carbocycles. The molecular weight excluding hydrogens is 235 g/mol. The molecule has 0 spiro atoms. The molecule has 0 nitrogen and oxygen atoms in total. The molecule has 2 aromatic carbocycles. The molecule has 14 heavy (non-hydrogen) atoms. The summed E-state index contributed by atoms with van der Waals surface area (Å²) in [4.78, 5) is 0. The molecule has 0 heterocycles. The highest BCUT2D eigenvalue weighted by atomic mass is 79.9. The molecule has 0 aliphatic rings. The van der Waals surface area contributed by atoms with Crippen LogP contribution in [0.3, 0.4) is 0 Å². The van der Waals surface area contributed by atoms with Gasteiger partial charge < -0.3 is 0 Å². The lowest BCUT2D eigenvalue weighted by Crippen LogP contribution is -2.07. The molecule has 0 fully saturated rings. The maximum absolute atomic E-state index is 5.97. The normalized spacial score (nSPS) is 10.1. The predicted octanol–water partition coefficient (Wildman–Crippen LogP) is 2.91. The molecule has 66 valence electrons. The number of hydrogen-bond donors (Lipinski definition) is 0. The molecule has 0 unspecified atom stereocenters. The van der Waals surface area contributed by atoms with Crippen LogP contribution in [0.25, 0.3) is 11.1 Å². The van der Waals surface area contributed by atoms with Gasteiger partial charge in [0, 0.05) is 4.47 Å². The van der Waals surface area contributed by atoms with Crippen molar-refractivity contribution in [2.24, 2.45) is 0 Å². The predicted molar refractivity (Wildman–Crippen MR) is 65.0 cm³/mol. The summed E-state index contributed by atoms with van der Waals surface area (Å²) in [6.07, 6.45) is 0. The van der Waals surface area contributed by atoms with Gasteiger partial charge in [-0.05, 0) is 17.2 Å². The maximum Gasteiger partial charge on any atom is 0.116 e. The summed E-state index contributed by atoms with van der Waals surface area (Å²) >= 11 is 3.42. The van der Waals surface area contributed by atoms with Crippen LogP contribution < -0.4 is 5.46 Å². The third kappa shape index (κ3) is 1.75. The van der Waals surface area contributed by atoms with E-state index in [4.69, 9.17) is 7.85 Å². The quantitative estimate of drug-likeness (QED) is 0.675. The van der Waals surface area contributed by atoms with Gasteiger partial charge in [0.25, 0.3) is 0 Å². The third-order valence-corrected chi connectivity index (χ3v) is 2.83. The lowest BCUT2D eigenvalue weighted by atomic mass is 9.87. The second-order valence-electron chi connectivity index (χ2n) is 3.07. The monoisotopic (exact) mass is 242 g/mol. The molecule has 2 radical (unpaired) electrons. The van der Waals surface area contributed by atoms with Gasteiger partial charge in [-0.15, -0.1) is 0 Å². The first-order chi connectivity index (χ1) is 6.79. The summed E-state index contributed by atoms with van der Waals surface area (Å²) < 4.78 is 0.943. The zero-order valence-electron chi connectivity index (χ0n) is 7.57. The van der Waals surface area contributed by atoms with Crippen LogP contribution in [-0.2, 0) is 0 Å². The molecule has 0 amide bonds. The van der Waals surface area contributed by atoms with Crippen LogP contribution in [-0.4, -0.2) is 7.85 Å². The van der Waals surface area contributed by atoms with Crippen molar-refractivity contribution in [2.75, 3.05) is 0 Å². The molecule has 2 aromatic rings. The van der Waals surface area contributed by atoms with Crippen molar-refractivity contribution in [3.63, 3.8) is 0 Å². The zero-order chi connectivity index (χ0) is 9.97. The Morgan fingerprint density at radius 1 is 0.857 bits per heavy atom. The van der Waals surface area contributed by atoms with Crippen LogP contribution in [0.15, 0.2) is 53.0 Å². The van der Waals surface area contributed by atoms with Gasteiger partial charge in [-0.25, -0.2) is 0 Å². The molecule has 0 N–H and O–H groups in total. The van der Waals surface area contributed by atoms with Crippen LogP contribution in [0.2, 0.25) is 0 Å². The van der Waals surface area contributed by atoms with Crippen molar-refractivity contribution >= 4 is 29.2 Å². The van der Waals surface area contributed by atoms with Gasteiger partial charge in [0.15, 0.2) is 0 Å². The first kappa shape index (κ1) is 9.54. The Labute approximate surface area is 93.5 Å². The Balaban J connectivity index is 2.58. The number of benzene rings is 2. The van der Waals surface area contributed by atoms with E-state index >= 15 is 0 Å². The minimum atomic E-state index is 0.790. The average Bonchev–Trinajstić information content (AvgIpc) is 2.23. The second kappa shape index (κ2) is 4.01. The average molecular weight is 243 g/mol. The number of rotatable bonds is 1. The van der Waals surface area contributed by atoms with Crippen LogP contribution >= 0.6 is 15.9 Å². The summed E-state index contributed by atoms with van der Waals surface area (Å²) in [5.41, 5.74) is 3.00. The van der Waals surface area contributed by atoms with E-state index in [9.17, 15) is 0 Å². The Morgan fingerprint density at radius 3 is 2.29 bits per heavy atom. The zero-order valence-corrected chi connectivity index (χ0v) is 9.16. The van der Waals surface area contributed by atoms with Crippen molar-refractivity contribution in [2.45, 2.75) is 0 Å². The smallest absolute Gasteiger partial charge is 0.0750 e. The maximum atomic E-state index is 5.97. The Kier molecular flexibility index (Phi) is 2.73. The first-order valence-corrected chi connectivity index (χ1v) is 5.18. The van der Waals surface area contributed by atoms with E-state index in [1.54, 1.807) is 0 Å². The molecule has 0 bridgehead atoms. The summed E-state index contributed by atoms with van der Waals surface area (Å²) in [6, 6.07) is 16.1. The molecule has 0 aliphatic carbocycles. The van der Waals surface area contributed by atoms with E-state index in [1.165, 1.54) is 0 Å². The Bertz CT molecular complexity index is 437. The molecule has 0 aliphatic heterocycles. The van der Waals surface area contributed by atoms with Gasteiger partial charge in [0.2, 0.25) is 0 Å². The van der Waals surface area contributed by atoms with Crippen molar-refractivity contribution < 1.29 is 0 Å². The van der Waals surface area contributed by atoms with Crippen molar-refractivity contribution in [3.8, 4) is 11.1 Å². The van der Waals surface area contributed by atoms with Crippen LogP contribution in [0.4, 0.5) is 0 Å². The largest absolute Gasteiger partial charge is 0.116 e. The standard InChI is InChI=1S/C12H8BBr/c13-12-10(7-4-8-11(12)14)9-5-2-1-3-6-9/h1-8H. The van der Waals surface area contributed by atoms with Crippen molar-refractivity contribution in [3.05, 3.63) is 53.0 Å². The van der Waals surface area contributed by atoms with Gasteiger partial charge in [-0.3, -0.25) is 0 Å². The summed E-state index contributed by atoms with van der Waals surface area (Å²) in [5, 5.41) is 0. The van der Waals surface area contributed by atoms with Gasteiger partial charge in [-0.2, -0.15) is 0 Å². The van der Waals surface area contributed by atoms with Crippen LogP contribution in [0, 0.1) is 0 Å². The van der Waals surface area contributed by atoms with Crippen LogP contribution in [0.5, 0.6) is 0 Å². The molecular formula is C12H8BBr. The summed E-state index contributed by atoms with van der Waals surface area (Å²) in [5.74, 6) is 0. The fraction of sp³-hybridized carbons (Fsp3) is 0. The lowest BCUT2D eigenvalue weighted by molar-refractivity contribution is 1.63. The number of halogens is 1. The molecule has 0 saturated heterocycles. The lowest BCUT2D eigenvalue weighted by Gasteiger charge is -2.07. The summed E-state index contributed by atoms with van der Waals surface area (Å²) in [6.45, 7) is 0. The van der Waals surface area contributed by atoms with Crippen LogP contribution in [0.1, 0.15) is 0 Å². The topological polar surface area (TPSA) is 0 Å². The van der Waals surface area contributed by atoms with E-state index in [0.717, 1.165) is 21.1 Å². The van der Waals surface area contributed by atoms with E-state index in [0.29, 0.717) is 0 Å². The molecule has 0 atom stereocenters. The van der Waals surface area contributed by atoms with E-state index in [2.05, 4.69) is 28.1 Å². The Hall–Kier alpha value is -1.02. The molecule has 2 rings (SSSR count). The number of hydrogen-bond acceptors (Lipinski definition) is 0. The highest BCUT2D eigenvalue weighted by molar-refractivity contribution is 9.10.